The molecule has 0 aliphatic carbocycles. The number of aliphatic hydroxyl groups is 1. The quantitative estimate of drug-likeness (QED) is 0.282. The van der Waals surface area contributed by atoms with Gasteiger partial charge in [0.05, 0.1) is 17.9 Å². The number of carbonyl (C=O) groups excluding carboxylic acids is 3. The predicted molar refractivity (Wildman–Crippen MR) is 108 cm³/mol. The van der Waals surface area contributed by atoms with Crippen LogP contribution < -0.4 is 5.32 Å². The van der Waals surface area contributed by atoms with Crippen molar-refractivity contribution in [1.29, 1.82) is 0 Å². The molecule has 0 aromatic carbocycles. The van der Waals surface area contributed by atoms with Crippen LogP contribution in [0.25, 0.3) is 0 Å². The molecule has 10 nitrogen and oxygen atoms in total. The molecule has 0 spiro atoms. The van der Waals surface area contributed by atoms with Crippen molar-refractivity contribution in [2.75, 3.05) is 25.5 Å². The molecule has 29 heavy (non-hydrogen) atoms. The Morgan fingerprint density at radius 3 is 2.17 bits per heavy atom. The second-order valence-corrected chi connectivity index (χ2v) is 7.72. The summed E-state index contributed by atoms with van der Waals surface area (Å²) in [6.07, 6.45) is 5.37. The average molecular weight is 435 g/mol. The summed E-state index contributed by atoms with van der Waals surface area (Å²) in [6.45, 7) is 13.6. The summed E-state index contributed by atoms with van der Waals surface area (Å²) >= 11 is 0. The van der Waals surface area contributed by atoms with Gasteiger partial charge in [-0.05, 0) is 32.5 Å². The van der Waals surface area contributed by atoms with Crippen molar-refractivity contribution >= 4 is 27.9 Å². The van der Waals surface area contributed by atoms with Crippen LogP contribution >= 0.6 is 0 Å². The van der Waals surface area contributed by atoms with Gasteiger partial charge < -0.3 is 20.1 Å². The lowest BCUT2D eigenvalue weighted by atomic mass is 10.1. The van der Waals surface area contributed by atoms with E-state index in [2.05, 4.69) is 29.8 Å². The second kappa shape index (κ2) is 14.5. The van der Waals surface area contributed by atoms with Crippen LogP contribution in [0.4, 0.5) is 0 Å². The van der Waals surface area contributed by atoms with Gasteiger partial charge in [0.1, 0.15) is 6.61 Å². The monoisotopic (exact) mass is 434 g/mol. The number of amides is 2. The minimum absolute atomic E-state index is 0.0465. The lowest BCUT2D eigenvalue weighted by Gasteiger charge is -2.23. The largest absolute Gasteiger partial charge is 0.460 e. The molecule has 0 bridgehead atoms. The number of nitrogens with zero attached hydrogens (tertiary/aromatic N) is 1. The Morgan fingerprint density at radius 1 is 1.28 bits per heavy atom. The molecule has 2 amide bonds. The number of hydrogen-bond acceptors (Lipinski definition) is 7. The Kier molecular flexibility index (Phi) is 14.3. The van der Waals surface area contributed by atoms with Crippen molar-refractivity contribution in [2.24, 2.45) is 0 Å². The van der Waals surface area contributed by atoms with E-state index in [0.717, 1.165) is 25.1 Å². The van der Waals surface area contributed by atoms with Gasteiger partial charge in [0, 0.05) is 19.0 Å². The zero-order valence-electron chi connectivity index (χ0n) is 16.8. The molecule has 0 unspecified atom stereocenters. The van der Waals surface area contributed by atoms with Crippen LogP contribution in [-0.2, 0) is 29.2 Å². The van der Waals surface area contributed by atoms with Crippen LogP contribution in [0.15, 0.2) is 38.1 Å². The minimum Gasteiger partial charge on any atom is -0.460 e. The number of aliphatic hydroxyl groups excluding tert-OH is 1. The maximum Gasteiger partial charge on any atom is 0.330 e. The van der Waals surface area contributed by atoms with Crippen LogP contribution in [0.2, 0.25) is 0 Å². The summed E-state index contributed by atoms with van der Waals surface area (Å²) in [5.74, 6) is -1.30. The topological polar surface area (TPSA) is 150 Å². The van der Waals surface area contributed by atoms with Gasteiger partial charge in [-0.3, -0.25) is 14.1 Å². The Labute approximate surface area is 171 Å². The highest BCUT2D eigenvalue weighted by Gasteiger charge is 2.25. The first-order valence-corrected chi connectivity index (χ1v) is 10.1. The average Bonchev–Trinajstić information content (AvgIpc) is 3.03. The van der Waals surface area contributed by atoms with E-state index in [1.807, 2.05) is 0 Å². The molecule has 1 heterocycles. The molecule has 0 aromatic rings. The fraction of sp³-hybridized carbons (Fsp3) is 0.500. The summed E-state index contributed by atoms with van der Waals surface area (Å²) in [5.41, 5.74) is -1.00. The first-order valence-electron chi connectivity index (χ1n) is 8.53. The van der Waals surface area contributed by atoms with E-state index >= 15 is 0 Å². The summed E-state index contributed by atoms with van der Waals surface area (Å²) in [5, 5.41) is 10.5. The number of ether oxygens (including phenoxy) is 1. The zero-order valence-corrected chi connectivity index (χ0v) is 17.6. The Balaban J connectivity index is 0. The maximum atomic E-state index is 10.8. The van der Waals surface area contributed by atoms with Gasteiger partial charge in [-0.25, -0.2) is 4.79 Å². The summed E-state index contributed by atoms with van der Waals surface area (Å²) in [6, 6.07) is 0. The number of nitrogens with one attached hydrogen (secondary N) is 1. The lowest BCUT2D eigenvalue weighted by molar-refractivity contribution is -0.138. The minimum atomic E-state index is -4.08. The standard InChI is InChI=1S/C7H13NO4S.C6H9NO.C5H8O3/c1-4-6(9)8-7(2,3)5-13(10,11)12;1-2-7-5-3-4-6(7)8;1-2-5(7)8-4-3-6/h4H,1,5H2,2-3H3,(H,8,9)(H,10,11,12);2H,1,3-5H2;2,6H,1,3-4H2. The van der Waals surface area contributed by atoms with Gasteiger partial charge in [-0.1, -0.05) is 19.7 Å². The highest BCUT2D eigenvalue weighted by Crippen LogP contribution is 2.08. The summed E-state index contributed by atoms with van der Waals surface area (Å²) in [4.78, 5) is 33.2. The normalized spacial score (nSPS) is 13.1. The molecular weight excluding hydrogens is 404 g/mol. The third-order valence-electron chi connectivity index (χ3n) is 3.02. The fourth-order valence-corrected chi connectivity index (χ4v) is 2.93. The van der Waals surface area contributed by atoms with E-state index in [-0.39, 0.29) is 19.1 Å². The van der Waals surface area contributed by atoms with Crippen LogP contribution in [0.5, 0.6) is 0 Å². The molecule has 1 aliphatic rings. The Bertz CT molecular complexity index is 686. The van der Waals surface area contributed by atoms with E-state index in [1.165, 1.54) is 13.8 Å². The summed E-state index contributed by atoms with van der Waals surface area (Å²) < 4.78 is 33.9. The number of esters is 1. The third-order valence-corrected chi connectivity index (χ3v) is 4.11. The first kappa shape index (κ1) is 28.7. The first-order chi connectivity index (χ1) is 13.3. The van der Waals surface area contributed by atoms with E-state index < -0.39 is 33.3 Å². The zero-order chi connectivity index (χ0) is 23.1. The number of carbonyl (C=O) groups is 3. The summed E-state index contributed by atoms with van der Waals surface area (Å²) in [7, 11) is -4.08. The molecule has 3 N–H and O–H groups in total. The van der Waals surface area contributed by atoms with Crippen molar-refractivity contribution in [1.82, 2.24) is 10.2 Å². The van der Waals surface area contributed by atoms with Gasteiger partial charge >= 0.3 is 5.97 Å². The van der Waals surface area contributed by atoms with Crippen LogP contribution in [0.3, 0.4) is 0 Å². The van der Waals surface area contributed by atoms with Crippen molar-refractivity contribution in [2.45, 2.75) is 32.2 Å². The Hall–Kier alpha value is -2.50. The van der Waals surface area contributed by atoms with Gasteiger partial charge in [-0.15, -0.1) is 0 Å². The van der Waals surface area contributed by atoms with Crippen molar-refractivity contribution in [3.8, 4) is 0 Å². The SMILES string of the molecule is C=CC(=O)NC(C)(C)CS(=O)(=O)O.C=CC(=O)OCCO.C=CN1CCCC1=O. The van der Waals surface area contributed by atoms with E-state index in [0.29, 0.717) is 6.42 Å². The molecule has 0 radical (unpaired) electrons. The number of likely N-dealkylation sites (tertiary alicyclic amines) is 1. The van der Waals surface area contributed by atoms with Crippen LogP contribution in [-0.4, -0.2) is 71.8 Å². The van der Waals surface area contributed by atoms with Crippen molar-refractivity contribution < 1.29 is 37.2 Å². The molecule has 1 aliphatic heterocycles. The predicted octanol–water partition coefficient (Wildman–Crippen LogP) is 0.415. The molecule has 11 heteroatoms. The van der Waals surface area contributed by atoms with E-state index in [9.17, 15) is 22.8 Å². The Morgan fingerprint density at radius 2 is 1.86 bits per heavy atom. The second-order valence-electron chi connectivity index (χ2n) is 6.27. The van der Waals surface area contributed by atoms with Gasteiger partial charge in [0.2, 0.25) is 11.8 Å². The van der Waals surface area contributed by atoms with Crippen LogP contribution in [0, 0.1) is 0 Å². The third kappa shape index (κ3) is 17.3. The molecule has 0 saturated carbocycles. The maximum absolute atomic E-state index is 10.8. The highest BCUT2D eigenvalue weighted by molar-refractivity contribution is 7.85. The number of hydrogen-bond donors (Lipinski definition) is 3. The molecule has 166 valence electrons. The molecule has 1 fully saturated rings. The molecular formula is C18H30N2O8S. The van der Waals surface area contributed by atoms with Crippen molar-refractivity contribution in [3.63, 3.8) is 0 Å². The van der Waals surface area contributed by atoms with Gasteiger partial charge in [0.15, 0.2) is 0 Å². The van der Waals surface area contributed by atoms with E-state index in [4.69, 9.17) is 9.66 Å². The molecule has 1 saturated heterocycles. The smallest absolute Gasteiger partial charge is 0.330 e. The van der Waals surface area contributed by atoms with E-state index in [1.54, 1.807) is 11.1 Å². The van der Waals surface area contributed by atoms with Gasteiger partial charge in [-0.2, -0.15) is 8.42 Å². The van der Waals surface area contributed by atoms with Crippen molar-refractivity contribution in [3.05, 3.63) is 38.1 Å². The molecule has 1 rings (SSSR count). The fourth-order valence-electron chi connectivity index (χ4n) is 1.94. The molecule has 0 atom stereocenters. The molecule has 0 aromatic heterocycles. The number of rotatable bonds is 8. The van der Waals surface area contributed by atoms with Crippen LogP contribution in [0.1, 0.15) is 26.7 Å². The highest BCUT2D eigenvalue weighted by atomic mass is 32.2. The van der Waals surface area contributed by atoms with Gasteiger partial charge in [0.25, 0.3) is 10.1 Å². The lowest BCUT2D eigenvalue weighted by Crippen LogP contribution is -2.47.